The Morgan fingerprint density at radius 1 is 1.19 bits per heavy atom. The van der Waals surface area contributed by atoms with Crippen LogP contribution in [0.3, 0.4) is 0 Å². The minimum Gasteiger partial charge on any atom is -0.308 e. The number of nitrogen functional groups attached to an aromatic ring is 1. The summed E-state index contributed by atoms with van der Waals surface area (Å²) in [5.74, 6) is 5.73. The fourth-order valence-electron chi connectivity index (χ4n) is 2.55. The molecule has 0 spiro atoms. The number of fused-ring (bicyclic) bond motifs is 1. The molecule has 0 saturated carbocycles. The minimum absolute atomic E-state index is 0.137. The normalized spacial score (nSPS) is 15.6. The number of pyridine rings is 1. The van der Waals surface area contributed by atoms with Gasteiger partial charge in [0.2, 0.25) is 11.8 Å². The van der Waals surface area contributed by atoms with E-state index in [0.717, 1.165) is 16.5 Å². The molecule has 1 aromatic carbocycles. The number of carbonyl (C=O) groups is 2. The number of imide groups is 1. The van der Waals surface area contributed by atoms with Crippen molar-refractivity contribution in [1.82, 2.24) is 9.88 Å². The zero-order valence-corrected chi connectivity index (χ0v) is 11.5. The summed E-state index contributed by atoms with van der Waals surface area (Å²) >= 11 is 0. The van der Waals surface area contributed by atoms with Crippen LogP contribution in [0.15, 0.2) is 30.3 Å². The summed E-state index contributed by atoms with van der Waals surface area (Å²) in [5.41, 5.74) is 4.09. The first-order valence-electron chi connectivity index (χ1n) is 6.87. The standard InChI is InChI=1S/C15H16N4O2/c16-18-15-11(8-10-4-1-2-5-12(10)17-15)9-19-13(20)6-3-7-14(19)21/h1-2,4-5,8H,3,6-7,9,16H2,(H,17,18). The van der Waals surface area contributed by atoms with E-state index in [0.29, 0.717) is 25.1 Å². The van der Waals surface area contributed by atoms with Crippen LogP contribution in [0.1, 0.15) is 24.8 Å². The number of rotatable bonds is 3. The SMILES string of the molecule is NNc1nc2ccccc2cc1CN1C(=O)CCCC1=O. The van der Waals surface area contributed by atoms with Gasteiger partial charge in [-0.15, -0.1) is 0 Å². The van der Waals surface area contributed by atoms with Gasteiger partial charge in [0.25, 0.3) is 0 Å². The number of para-hydroxylation sites is 1. The molecule has 6 heteroatoms. The van der Waals surface area contributed by atoms with Crippen LogP contribution in [-0.4, -0.2) is 21.7 Å². The van der Waals surface area contributed by atoms with E-state index in [9.17, 15) is 9.59 Å². The van der Waals surface area contributed by atoms with Crippen LogP contribution in [0.4, 0.5) is 5.82 Å². The third-order valence-corrected chi connectivity index (χ3v) is 3.65. The van der Waals surface area contributed by atoms with Crippen molar-refractivity contribution in [3.8, 4) is 0 Å². The van der Waals surface area contributed by atoms with Crippen LogP contribution in [0.5, 0.6) is 0 Å². The molecule has 1 aliphatic heterocycles. The van der Waals surface area contributed by atoms with Crippen LogP contribution in [0, 0.1) is 0 Å². The molecule has 0 radical (unpaired) electrons. The lowest BCUT2D eigenvalue weighted by Crippen LogP contribution is -2.39. The van der Waals surface area contributed by atoms with E-state index in [2.05, 4.69) is 10.4 Å². The first-order chi connectivity index (χ1) is 10.2. The van der Waals surface area contributed by atoms with E-state index in [1.54, 1.807) is 0 Å². The number of likely N-dealkylation sites (tertiary alicyclic amines) is 1. The molecule has 0 bridgehead atoms. The Morgan fingerprint density at radius 2 is 1.90 bits per heavy atom. The first-order valence-corrected chi connectivity index (χ1v) is 6.87. The maximum Gasteiger partial charge on any atom is 0.229 e. The maximum absolute atomic E-state index is 11.9. The summed E-state index contributed by atoms with van der Waals surface area (Å²) in [6.07, 6.45) is 1.46. The van der Waals surface area contributed by atoms with E-state index >= 15 is 0 Å². The molecule has 0 atom stereocenters. The van der Waals surface area contributed by atoms with Crippen molar-refractivity contribution in [3.05, 3.63) is 35.9 Å². The number of piperidine rings is 1. The van der Waals surface area contributed by atoms with Crippen LogP contribution in [0.2, 0.25) is 0 Å². The van der Waals surface area contributed by atoms with Gasteiger partial charge < -0.3 is 5.43 Å². The highest BCUT2D eigenvalue weighted by Gasteiger charge is 2.26. The molecule has 3 rings (SSSR count). The number of nitrogens with zero attached hydrogens (tertiary/aromatic N) is 2. The second kappa shape index (κ2) is 5.49. The number of carbonyl (C=O) groups excluding carboxylic acids is 2. The summed E-state index contributed by atoms with van der Waals surface area (Å²) in [6, 6.07) is 9.54. The van der Waals surface area contributed by atoms with Crippen molar-refractivity contribution in [2.75, 3.05) is 5.43 Å². The number of nitrogens with one attached hydrogen (secondary N) is 1. The molecule has 1 aliphatic rings. The predicted molar refractivity (Wildman–Crippen MR) is 79.0 cm³/mol. The van der Waals surface area contributed by atoms with Gasteiger partial charge in [0.1, 0.15) is 5.82 Å². The number of hydrogen-bond acceptors (Lipinski definition) is 5. The number of hydrogen-bond donors (Lipinski definition) is 2. The molecule has 1 fully saturated rings. The summed E-state index contributed by atoms with van der Waals surface area (Å²) in [7, 11) is 0. The highest BCUT2D eigenvalue weighted by molar-refractivity contribution is 5.97. The highest BCUT2D eigenvalue weighted by atomic mass is 16.2. The molecule has 2 heterocycles. The van der Waals surface area contributed by atoms with Crippen LogP contribution in [0.25, 0.3) is 10.9 Å². The van der Waals surface area contributed by atoms with Crippen LogP contribution in [-0.2, 0) is 16.1 Å². The Hall–Kier alpha value is -2.47. The molecule has 0 unspecified atom stereocenters. The predicted octanol–water partition coefficient (Wildman–Crippen LogP) is 1.56. The first kappa shape index (κ1) is 13.5. The Bertz CT molecular complexity index is 698. The summed E-state index contributed by atoms with van der Waals surface area (Å²) in [6.45, 7) is 0.203. The number of hydrazine groups is 1. The third kappa shape index (κ3) is 2.57. The molecule has 1 aromatic heterocycles. The molecule has 21 heavy (non-hydrogen) atoms. The average molecular weight is 284 g/mol. The number of benzene rings is 1. The minimum atomic E-state index is -0.137. The largest absolute Gasteiger partial charge is 0.308 e. The van der Waals surface area contributed by atoms with Gasteiger partial charge in [0, 0.05) is 23.8 Å². The lowest BCUT2D eigenvalue weighted by atomic mass is 10.1. The topological polar surface area (TPSA) is 88.3 Å². The van der Waals surface area contributed by atoms with Crippen molar-refractivity contribution in [2.24, 2.45) is 5.84 Å². The van der Waals surface area contributed by atoms with Crippen LogP contribution < -0.4 is 11.3 Å². The van der Waals surface area contributed by atoms with E-state index in [1.165, 1.54) is 4.90 Å². The van der Waals surface area contributed by atoms with Crippen molar-refractivity contribution < 1.29 is 9.59 Å². The Morgan fingerprint density at radius 3 is 2.62 bits per heavy atom. The van der Waals surface area contributed by atoms with Gasteiger partial charge in [-0.25, -0.2) is 10.8 Å². The van der Waals surface area contributed by atoms with Crippen molar-refractivity contribution in [1.29, 1.82) is 0 Å². The molecule has 108 valence electrons. The Labute approximate surface area is 121 Å². The summed E-state index contributed by atoms with van der Waals surface area (Å²) in [5, 5.41) is 0.948. The van der Waals surface area contributed by atoms with Gasteiger partial charge >= 0.3 is 0 Å². The van der Waals surface area contributed by atoms with Crippen molar-refractivity contribution in [2.45, 2.75) is 25.8 Å². The van der Waals surface area contributed by atoms with E-state index < -0.39 is 0 Å². The van der Waals surface area contributed by atoms with E-state index in [-0.39, 0.29) is 18.4 Å². The zero-order valence-electron chi connectivity index (χ0n) is 11.5. The van der Waals surface area contributed by atoms with Crippen LogP contribution >= 0.6 is 0 Å². The smallest absolute Gasteiger partial charge is 0.229 e. The van der Waals surface area contributed by atoms with Gasteiger partial charge in [-0.05, 0) is 18.6 Å². The Kier molecular flexibility index (Phi) is 3.53. The quantitative estimate of drug-likeness (QED) is 0.507. The summed E-state index contributed by atoms with van der Waals surface area (Å²) < 4.78 is 0. The maximum atomic E-state index is 11.9. The van der Waals surface area contributed by atoms with E-state index in [1.807, 2.05) is 30.3 Å². The van der Waals surface area contributed by atoms with Gasteiger partial charge in [0.05, 0.1) is 12.1 Å². The fourth-order valence-corrected chi connectivity index (χ4v) is 2.55. The third-order valence-electron chi connectivity index (χ3n) is 3.65. The molecular weight excluding hydrogens is 268 g/mol. The molecular formula is C15H16N4O2. The van der Waals surface area contributed by atoms with Crippen molar-refractivity contribution >= 4 is 28.5 Å². The molecule has 2 aromatic rings. The lowest BCUT2D eigenvalue weighted by Gasteiger charge is -2.25. The molecule has 6 nitrogen and oxygen atoms in total. The number of anilines is 1. The summed E-state index contributed by atoms with van der Waals surface area (Å²) in [4.78, 5) is 29.5. The zero-order chi connectivity index (χ0) is 14.8. The van der Waals surface area contributed by atoms with Gasteiger partial charge in [0.15, 0.2) is 0 Å². The van der Waals surface area contributed by atoms with Gasteiger partial charge in [-0.1, -0.05) is 18.2 Å². The second-order valence-electron chi connectivity index (χ2n) is 5.06. The molecule has 2 amide bonds. The highest BCUT2D eigenvalue weighted by Crippen LogP contribution is 2.23. The van der Waals surface area contributed by atoms with Crippen molar-refractivity contribution in [3.63, 3.8) is 0 Å². The van der Waals surface area contributed by atoms with Gasteiger partial charge in [-0.2, -0.15) is 0 Å². The number of nitrogens with two attached hydrogens (primary N) is 1. The Balaban J connectivity index is 1.98. The van der Waals surface area contributed by atoms with E-state index in [4.69, 9.17) is 5.84 Å². The van der Waals surface area contributed by atoms with Gasteiger partial charge in [-0.3, -0.25) is 14.5 Å². The fraction of sp³-hybridized carbons (Fsp3) is 0.267. The molecule has 1 saturated heterocycles. The monoisotopic (exact) mass is 284 g/mol. The lowest BCUT2D eigenvalue weighted by molar-refractivity contribution is -0.148. The number of amides is 2. The molecule has 0 aliphatic carbocycles. The average Bonchev–Trinajstić information content (AvgIpc) is 2.50. The second-order valence-corrected chi connectivity index (χ2v) is 5.06. The molecule has 3 N–H and O–H groups in total. The number of aromatic nitrogens is 1.